The van der Waals surface area contributed by atoms with Crippen LogP contribution in [-0.4, -0.2) is 36.1 Å². The second-order valence-electron chi connectivity index (χ2n) is 1.81. The maximum Gasteiger partial charge on any atom is 0.341 e. The van der Waals surface area contributed by atoms with Crippen molar-refractivity contribution in [3.8, 4) is 0 Å². The SMILES string of the molecule is CN(C)/C(CCl)=N/C(=O)Cl. The molecule has 0 saturated carbocycles. The third-order valence-corrected chi connectivity index (χ3v) is 1.18. The van der Waals surface area contributed by atoms with Crippen molar-refractivity contribution < 1.29 is 4.79 Å². The highest BCUT2D eigenvalue weighted by atomic mass is 35.5. The van der Waals surface area contributed by atoms with E-state index in [1.807, 2.05) is 0 Å². The Morgan fingerprint density at radius 1 is 1.60 bits per heavy atom. The van der Waals surface area contributed by atoms with E-state index in [4.69, 9.17) is 23.2 Å². The molecule has 0 N–H and O–H groups in total. The van der Waals surface area contributed by atoms with Gasteiger partial charge in [0.2, 0.25) is 0 Å². The van der Waals surface area contributed by atoms with Crippen LogP contribution in [0.25, 0.3) is 0 Å². The molecule has 0 spiro atoms. The molecule has 0 heterocycles. The zero-order valence-corrected chi connectivity index (χ0v) is 7.28. The standard InChI is InChI=1S/C5H8Cl2N2O/c1-9(2)4(3-6)8-5(7)10/h3H2,1-2H3/b8-4+. The van der Waals surface area contributed by atoms with E-state index in [0.717, 1.165) is 0 Å². The predicted molar refractivity (Wildman–Crippen MR) is 43.1 cm³/mol. The number of carbonyl (C=O) groups is 1. The number of amides is 1. The van der Waals surface area contributed by atoms with Crippen LogP contribution in [0.1, 0.15) is 0 Å². The Labute approximate surface area is 69.6 Å². The lowest BCUT2D eigenvalue weighted by Crippen LogP contribution is -2.23. The number of hydrogen-bond acceptors (Lipinski definition) is 1. The molecule has 3 nitrogen and oxygen atoms in total. The van der Waals surface area contributed by atoms with Gasteiger partial charge in [-0.25, -0.2) is 0 Å². The minimum absolute atomic E-state index is 0.186. The fourth-order valence-corrected chi connectivity index (χ4v) is 0.747. The predicted octanol–water partition coefficient (Wildman–Crippen LogP) is 1.54. The Morgan fingerprint density at radius 2 is 2.10 bits per heavy atom. The Morgan fingerprint density at radius 3 is 2.20 bits per heavy atom. The fraction of sp³-hybridized carbons (Fsp3) is 0.600. The highest BCUT2D eigenvalue weighted by Crippen LogP contribution is 1.92. The molecule has 1 amide bonds. The third kappa shape index (κ3) is 3.69. The molecule has 0 aliphatic rings. The summed E-state index contributed by atoms with van der Waals surface area (Å²) in [6.07, 6.45) is 0. The van der Waals surface area contributed by atoms with E-state index >= 15 is 0 Å². The number of alkyl halides is 1. The normalized spacial score (nSPS) is 11.4. The zero-order chi connectivity index (χ0) is 8.15. The van der Waals surface area contributed by atoms with Crippen LogP contribution in [0, 0.1) is 0 Å². The van der Waals surface area contributed by atoms with Gasteiger partial charge in [0.15, 0.2) is 0 Å². The van der Waals surface area contributed by atoms with Crippen molar-refractivity contribution in [3.63, 3.8) is 0 Å². The Kier molecular flexibility index (Phi) is 4.40. The van der Waals surface area contributed by atoms with Crippen LogP contribution >= 0.6 is 23.2 Å². The molecule has 0 bridgehead atoms. The number of aliphatic imine (C=N–C) groups is 1. The molecule has 58 valence electrons. The number of halogens is 2. The second kappa shape index (κ2) is 4.52. The summed E-state index contributed by atoms with van der Waals surface area (Å²) in [5.41, 5.74) is 0. The summed E-state index contributed by atoms with van der Waals surface area (Å²) < 4.78 is 0. The van der Waals surface area contributed by atoms with E-state index in [2.05, 4.69) is 4.99 Å². The Bertz CT molecular complexity index is 156. The second-order valence-corrected chi connectivity index (χ2v) is 2.40. The van der Waals surface area contributed by atoms with Crippen molar-refractivity contribution in [3.05, 3.63) is 0 Å². The molecule has 0 aromatic rings. The molecule has 0 aliphatic heterocycles. The summed E-state index contributed by atoms with van der Waals surface area (Å²) >= 11 is 10.4. The molecule has 0 aromatic heterocycles. The minimum Gasteiger partial charge on any atom is -0.365 e. The minimum atomic E-state index is -0.746. The van der Waals surface area contributed by atoms with Crippen LogP contribution in [0.2, 0.25) is 0 Å². The highest BCUT2D eigenvalue weighted by Gasteiger charge is 2.00. The Balaban J connectivity index is 4.18. The number of carbonyl (C=O) groups excluding carboxylic acids is 1. The third-order valence-electron chi connectivity index (χ3n) is 0.853. The van der Waals surface area contributed by atoms with Gasteiger partial charge >= 0.3 is 5.37 Å². The van der Waals surface area contributed by atoms with Crippen molar-refractivity contribution >= 4 is 34.4 Å². The van der Waals surface area contributed by atoms with E-state index in [9.17, 15) is 4.79 Å². The van der Waals surface area contributed by atoms with Crippen molar-refractivity contribution in [1.29, 1.82) is 0 Å². The smallest absolute Gasteiger partial charge is 0.341 e. The van der Waals surface area contributed by atoms with Gasteiger partial charge in [0.05, 0.1) is 5.88 Å². The summed E-state index contributed by atoms with van der Waals surface area (Å²) in [6, 6.07) is 0. The van der Waals surface area contributed by atoms with E-state index in [0.29, 0.717) is 5.84 Å². The summed E-state index contributed by atoms with van der Waals surface area (Å²) in [5.74, 6) is 0.646. The average Bonchev–Trinajstić information content (AvgIpc) is 1.81. The molecule has 0 saturated heterocycles. The van der Waals surface area contributed by atoms with E-state index in [1.54, 1.807) is 19.0 Å². The van der Waals surface area contributed by atoms with Crippen molar-refractivity contribution in [2.45, 2.75) is 0 Å². The van der Waals surface area contributed by atoms with Gasteiger partial charge in [0, 0.05) is 14.1 Å². The molecule has 0 aromatic carbocycles. The molecule has 0 unspecified atom stereocenters. The van der Waals surface area contributed by atoms with Crippen LogP contribution in [0.3, 0.4) is 0 Å². The van der Waals surface area contributed by atoms with Crippen LogP contribution in [0.4, 0.5) is 4.79 Å². The number of hydrogen-bond donors (Lipinski definition) is 0. The molecular weight excluding hydrogens is 175 g/mol. The maximum absolute atomic E-state index is 10.2. The first-order valence-corrected chi connectivity index (χ1v) is 3.49. The molecule has 10 heavy (non-hydrogen) atoms. The Hall–Kier alpha value is -0.280. The molecule has 0 radical (unpaired) electrons. The van der Waals surface area contributed by atoms with Crippen LogP contribution < -0.4 is 0 Å². The fourth-order valence-electron chi connectivity index (χ4n) is 0.351. The van der Waals surface area contributed by atoms with Crippen molar-refractivity contribution in [2.24, 2.45) is 4.99 Å². The largest absolute Gasteiger partial charge is 0.365 e. The molecule has 0 rings (SSSR count). The summed E-state index contributed by atoms with van der Waals surface area (Å²) in [6.45, 7) is 0. The van der Waals surface area contributed by atoms with Gasteiger partial charge in [-0.3, -0.25) is 4.79 Å². The van der Waals surface area contributed by atoms with Crippen LogP contribution in [0.15, 0.2) is 4.99 Å². The van der Waals surface area contributed by atoms with Gasteiger partial charge in [0.1, 0.15) is 5.84 Å². The van der Waals surface area contributed by atoms with Crippen LogP contribution in [-0.2, 0) is 0 Å². The first-order valence-electron chi connectivity index (χ1n) is 2.58. The lowest BCUT2D eigenvalue weighted by atomic mass is 10.6. The summed E-state index contributed by atoms with van der Waals surface area (Å²) in [7, 11) is 3.47. The quantitative estimate of drug-likeness (QED) is 0.203. The molecule has 0 fully saturated rings. The molecule has 5 heteroatoms. The van der Waals surface area contributed by atoms with Gasteiger partial charge in [-0.15, -0.1) is 11.6 Å². The average molecular weight is 183 g/mol. The number of rotatable bonds is 1. The van der Waals surface area contributed by atoms with Gasteiger partial charge in [-0.2, -0.15) is 4.99 Å². The highest BCUT2D eigenvalue weighted by molar-refractivity contribution is 6.64. The first kappa shape index (κ1) is 9.72. The van der Waals surface area contributed by atoms with Gasteiger partial charge in [-0.1, -0.05) is 0 Å². The maximum atomic E-state index is 10.2. The van der Waals surface area contributed by atoms with E-state index in [-0.39, 0.29) is 5.88 Å². The van der Waals surface area contributed by atoms with Gasteiger partial charge in [-0.05, 0) is 11.6 Å². The van der Waals surface area contributed by atoms with E-state index < -0.39 is 5.37 Å². The lowest BCUT2D eigenvalue weighted by Gasteiger charge is -2.10. The van der Waals surface area contributed by atoms with Crippen LogP contribution in [0.5, 0.6) is 0 Å². The molecule has 0 aliphatic carbocycles. The molecular formula is C5H8Cl2N2O. The lowest BCUT2D eigenvalue weighted by molar-refractivity contribution is 0.266. The molecule has 0 atom stereocenters. The monoisotopic (exact) mass is 182 g/mol. The van der Waals surface area contributed by atoms with Crippen molar-refractivity contribution in [1.82, 2.24) is 4.90 Å². The number of nitrogens with zero attached hydrogens (tertiary/aromatic N) is 2. The van der Waals surface area contributed by atoms with Crippen molar-refractivity contribution in [2.75, 3.05) is 20.0 Å². The van der Waals surface area contributed by atoms with Gasteiger partial charge in [0.25, 0.3) is 0 Å². The van der Waals surface area contributed by atoms with Gasteiger partial charge < -0.3 is 4.90 Å². The topological polar surface area (TPSA) is 32.7 Å². The summed E-state index contributed by atoms with van der Waals surface area (Å²) in [4.78, 5) is 15.3. The van der Waals surface area contributed by atoms with E-state index in [1.165, 1.54) is 0 Å². The number of amidine groups is 1. The first-order chi connectivity index (χ1) is 4.57. The summed E-state index contributed by atoms with van der Waals surface area (Å²) in [5, 5.41) is -0.746. The zero-order valence-electron chi connectivity index (χ0n) is 5.77.